The van der Waals surface area contributed by atoms with E-state index < -0.39 is 12.0 Å². The van der Waals surface area contributed by atoms with Crippen LogP contribution in [0.5, 0.6) is 0 Å². The normalized spacial score (nSPS) is 26.5. The minimum absolute atomic E-state index is 0.367. The maximum atomic E-state index is 11.8. The molecule has 2 heterocycles. The van der Waals surface area contributed by atoms with Crippen LogP contribution in [0.4, 0.5) is 0 Å². The molecular weight excluding hydrogens is 316 g/mol. The molecule has 3 atom stereocenters. The molecule has 0 amide bonds. The number of benzene rings is 1. The van der Waals surface area contributed by atoms with Gasteiger partial charge in [-0.15, -0.1) is 0 Å². The first-order valence-electron chi connectivity index (χ1n) is 9.14. The first-order chi connectivity index (χ1) is 12.1. The van der Waals surface area contributed by atoms with Crippen LogP contribution >= 0.6 is 0 Å². The fourth-order valence-corrected chi connectivity index (χ4v) is 4.47. The van der Waals surface area contributed by atoms with E-state index in [4.69, 9.17) is 4.42 Å². The summed E-state index contributed by atoms with van der Waals surface area (Å²) in [5, 5.41) is 9.68. The zero-order valence-corrected chi connectivity index (χ0v) is 14.5. The molecule has 1 saturated carbocycles. The molecule has 2 aliphatic rings. The number of carbonyl (C=O) groups is 1. The fourth-order valence-electron chi connectivity index (χ4n) is 4.47. The van der Waals surface area contributed by atoms with Gasteiger partial charge in [-0.25, -0.2) is 4.98 Å². The van der Waals surface area contributed by atoms with Crippen LogP contribution in [0, 0.1) is 12.8 Å². The lowest BCUT2D eigenvalue weighted by Gasteiger charge is -2.32. The highest BCUT2D eigenvalue weighted by molar-refractivity contribution is 5.74. The number of aryl methyl sites for hydroxylation is 1. The summed E-state index contributed by atoms with van der Waals surface area (Å²) in [5.41, 5.74) is 1.81. The van der Waals surface area contributed by atoms with Gasteiger partial charge >= 0.3 is 5.97 Å². The van der Waals surface area contributed by atoms with Crippen molar-refractivity contribution in [2.24, 2.45) is 5.92 Å². The van der Waals surface area contributed by atoms with Crippen molar-refractivity contribution in [1.82, 2.24) is 9.88 Å². The zero-order chi connectivity index (χ0) is 17.4. The van der Waals surface area contributed by atoms with Gasteiger partial charge in [-0.2, -0.15) is 0 Å². The van der Waals surface area contributed by atoms with E-state index in [1.165, 1.54) is 12.8 Å². The van der Waals surface area contributed by atoms with Gasteiger partial charge in [0.25, 0.3) is 0 Å². The number of nitrogens with zero attached hydrogens (tertiary/aromatic N) is 2. The van der Waals surface area contributed by atoms with Crippen molar-refractivity contribution in [1.29, 1.82) is 0 Å². The molecule has 4 rings (SSSR count). The van der Waals surface area contributed by atoms with Crippen molar-refractivity contribution < 1.29 is 14.3 Å². The first kappa shape index (κ1) is 16.3. The van der Waals surface area contributed by atoms with Crippen LogP contribution in [-0.4, -0.2) is 33.0 Å². The number of likely N-dealkylation sites (tertiary alicyclic amines) is 1. The Balaban J connectivity index is 1.60. The van der Waals surface area contributed by atoms with Crippen molar-refractivity contribution in [2.45, 2.75) is 57.7 Å². The van der Waals surface area contributed by atoms with Gasteiger partial charge in [0.15, 0.2) is 0 Å². The number of oxazole rings is 1. The number of carboxylic acid groups (broad SMARTS) is 1. The Bertz CT molecular complexity index is 756. The third-order valence-corrected chi connectivity index (χ3v) is 5.75. The Morgan fingerprint density at radius 1 is 1.28 bits per heavy atom. The summed E-state index contributed by atoms with van der Waals surface area (Å²) in [6, 6.07) is 9.80. The zero-order valence-electron chi connectivity index (χ0n) is 14.5. The minimum atomic E-state index is -0.709. The van der Waals surface area contributed by atoms with Crippen molar-refractivity contribution in [3.63, 3.8) is 0 Å². The van der Waals surface area contributed by atoms with Gasteiger partial charge in [0.2, 0.25) is 5.89 Å². The van der Waals surface area contributed by atoms with Crippen molar-refractivity contribution in [2.75, 3.05) is 0 Å². The molecule has 1 aliphatic heterocycles. The minimum Gasteiger partial charge on any atom is -0.480 e. The van der Waals surface area contributed by atoms with Crippen LogP contribution in [0.3, 0.4) is 0 Å². The van der Waals surface area contributed by atoms with Crippen molar-refractivity contribution in [3.8, 4) is 11.5 Å². The number of hydrogen-bond donors (Lipinski definition) is 1. The molecule has 2 aromatic rings. The number of rotatable bonds is 4. The Kier molecular flexibility index (Phi) is 4.34. The average molecular weight is 340 g/mol. The summed E-state index contributed by atoms with van der Waals surface area (Å²) in [6.07, 6.45) is 5.43. The van der Waals surface area contributed by atoms with Crippen LogP contribution in [0.25, 0.3) is 11.5 Å². The lowest BCUT2D eigenvalue weighted by molar-refractivity contribution is -0.142. The van der Waals surface area contributed by atoms with Crippen molar-refractivity contribution in [3.05, 3.63) is 41.8 Å². The van der Waals surface area contributed by atoms with E-state index in [0.29, 0.717) is 24.4 Å². The van der Waals surface area contributed by atoms with E-state index in [0.717, 1.165) is 36.3 Å². The lowest BCUT2D eigenvalue weighted by Crippen LogP contribution is -2.41. The number of aliphatic carboxylic acids is 1. The largest absolute Gasteiger partial charge is 0.480 e. The predicted octanol–water partition coefficient (Wildman–Crippen LogP) is 3.87. The molecule has 132 valence electrons. The summed E-state index contributed by atoms with van der Waals surface area (Å²) < 4.78 is 5.86. The SMILES string of the molecule is Cc1oc(-c2ccccc2)nc1CN1C(C(=O)O)CC2CCCCC21. The molecule has 3 unspecified atom stereocenters. The molecule has 0 radical (unpaired) electrons. The topological polar surface area (TPSA) is 66.6 Å². The summed E-state index contributed by atoms with van der Waals surface area (Å²) in [5.74, 6) is 1.19. The molecule has 1 saturated heterocycles. The van der Waals surface area contributed by atoms with Gasteiger partial charge in [0, 0.05) is 18.2 Å². The monoisotopic (exact) mass is 340 g/mol. The number of fused-ring (bicyclic) bond motifs is 1. The van der Waals surface area contributed by atoms with Crippen LogP contribution in [0.15, 0.2) is 34.7 Å². The van der Waals surface area contributed by atoms with E-state index in [2.05, 4.69) is 9.88 Å². The average Bonchev–Trinajstić information content (AvgIpc) is 3.18. The predicted molar refractivity (Wildman–Crippen MR) is 94.0 cm³/mol. The molecule has 0 spiro atoms. The van der Waals surface area contributed by atoms with Crippen molar-refractivity contribution >= 4 is 5.97 Å². The Hall–Kier alpha value is -2.14. The summed E-state index contributed by atoms with van der Waals surface area (Å²) in [7, 11) is 0. The lowest BCUT2D eigenvalue weighted by atomic mass is 9.85. The van der Waals surface area contributed by atoms with Crippen LogP contribution < -0.4 is 0 Å². The summed E-state index contributed by atoms with van der Waals surface area (Å²) in [4.78, 5) is 18.6. The highest BCUT2D eigenvalue weighted by atomic mass is 16.4. The second kappa shape index (κ2) is 6.64. The first-order valence-corrected chi connectivity index (χ1v) is 9.14. The highest BCUT2D eigenvalue weighted by Gasteiger charge is 2.45. The number of aromatic nitrogens is 1. The van der Waals surface area contributed by atoms with E-state index in [9.17, 15) is 9.90 Å². The van der Waals surface area contributed by atoms with Gasteiger partial charge in [-0.05, 0) is 44.2 Å². The molecule has 1 aromatic heterocycles. The summed E-state index contributed by atoms with van der Waals surface area (Å²) in [6.45, 7) is 2.47. The smallest absolute Gasteiger partial charge is 0.320 e. The quantitative estimate of drug-likeness (QED) is 0.915. The van der Waals surface area contributed by atoms with Crippen LogP contribution in [-0.2, 0) is 11.3 Å². The third-order valence-electron chi connectivity index (χ3n) is 5.75. The Morgan fingerprint density at radius 2 is 2.04 bits per heavy atom. The third kappa shape index (κ3) is 3.09. The molecular formula is C20H24N2O3. The van der Waals surface area contributed by atoms with Gasteiger partial charge in [0.1, 0.15) is 11.8 Å². The van der Waals surface area contributed by atoms with Crippen LogP contribution in [0.2, 0.25) is 0 Å². The summed E-state index contributed by atoms with van der Waals surface area (Å²) >= 11 is 0. The second-order valence-corrected chi connectivity index (χ2v) is 7.26. The van der Waals surface area contributed by atoms with E-state index in [-0.39, 0.29) is 0 Å². The molecule has 1 N–H and O–H groups in total. The molecule has 1 aromatic carbocycles. The number of carboxylic acids is 1. The van der Waals surface area contributed by atoms with Gasteiger partial charge < -0.3 is 9.52 Å². The van der Waals surface area contributed by atoms with Gasteiger partial charge in [-0.3, -0.25) is 9.69 Å². The highest BCUT2D eigenvalue weighted by Crippen LogP contribution is 2.40. The van der Waals surface area contributed by atoms with Gasteiger partial charge in [0.05, 0.1) is 5.69 Å². The van der Waals surface area contributed by atoms with Gasteiger partial charge in [-0.1, -0.05) is 31.0 Å². The molecule has 1 aliphatic carbocycles. The Labute approximate surface area is 147 Å². The Morgan fingerprint density at radius 3 is 2.80 bits per heavy atom. The van der Waals surface area contributed by atoms with Crippen LogP contribution in [0.1, 0.15) is 43.6 Å². The molecule has 5 nitrogen and oxygen atoms in total. The number of hydrogen-bond acceptors (Lipinski definition) is 4. The molecule has 5 heteroatoms. The van der Waals surface area contributed by atoms with E-state index >= 15 is 0 Å². The fraction of sp³-hybridized carbons (Fsp3) is 0.500. The maximum Gasteiger partial charge on any atom is 0.320 e. The standard InChI is InChI=1S/C20H24N2O3/c1-13-16(21-19(25-13)14-7-3-2-4-8-14)12-22-17-10-6-5-9-15(17)11-18(22)20(23)24/h2-4,7-8,15,17-18H,5-6,9-12H2,1H3,(H,23,24). The van der Waals surface area contributed by atoms with E-state index in [1.807, 2.05) is 37.3 Å². The van der Waals surface area contributed by atoms with E-state index in [1.54, 1.807) is 0 Å². The second-order valence-electron chi connectivity index (χ2n) is 7.26. The molecule has 25 heavy (non-hydrogen) atoms. The molecule has 0 bridgehead atoms. The molecule has 2 fully saturated rings. The maximum absolute atomic E-state index is 11.8.